The lowest BCUT2D eigenvalue weighted by atomic mass is 9.79. The smallest absolute Gasteiger partial charge is 0.240 e. The van der Waals surface area contributed by atoms with E-state index in [-0.39, 0.29) is 22.9 Å². The summed E-state index contributed by atoms with van der Waals surface area (Å²) in [7, 11) is 1.65. The lowest BCUT2D eigenvalue weighted by Gasteiger charge is -2.46. The predicted molar refractivity (Wildman–Crippen MR) is 124 cm³/mol. The molecular weight excluding hydrogens is 421 g/mol. The van der Waals surface area contributed by atoms with Gasteiger partial charge >= 0.3 is 0 Å². The maximum Gasteiger partial charge on any atom is 0.240 e. The van der Waals surface area contributed by atoms with Crippen molar-refractivity contribution in [1.29, 1.82) is 0 Å². The van der Waals surface area contributed by atoms with E-state index >= 15 is 0 Å². The number of rotatable bonds is 3. The second-order valence-electron chi connectivity index (χ2n) is 10.3. The van der Waals surface area contributed by atoms with E-state index in [0.717, 1.165) is 23.9 Å². The first kappa shape index (κ1) is 21.5. The average Bonchev–Trinajstić information content (AvgIpc) is 3.27. The molecule has 4 aromatic rings. The fourth-order valence-corrected chi connectivity index (χ4v) is 5.26. The molecule has 172 valence electrons. The number of benzene rings is 1. The number of aromatic hydroxyl groups is 1. The zero-order valence-electron chi connectivity index (χ0n) is 19.5. The van der Waals surface area contributed by atoms with Crippen molar-refractivity contribution in [1.82, 2.24) is 35.1 Å². The van der Waals surface area contributed by atoms with E-state index in [1.807, 2.05) is 10.7 Å². The van der Waals surface area contributed by atoms with Gasteiger partial charge in [-0.3, -0.25) is 4.68 Å². The summed E-state index contributed by atoms with van der Waals surface area (Å²) in [4.78, 5) is 0. The number of aromatic nitrogens is 6. The fourth-order valence-electron chi connectivity index (χ4n) is 5.26. The van der Waals surface area contributed by atoms with Crippen LogP contribution in [0, 0.1) is 5.95 Å². The van der Waals surface area contributed by atoms with Crippen LogP contribution in [0.3, 0.4) is 0 Å². The number of nitrogens with one attached hydrogen (secondary N) is 1. The zero-order valence-corrected chi connectivity index (χ0v) is 19.5. The fraction of sp³-hybridized carbons (Fsp3) is 0.417. The molecule has 33 heavy (non-hydrogen) atoms. The van der Waals surface area contributed by atoms with E-state index in [9.17, 15) is 9.50 Å². The van der Waals surface area contributed by atoms with E-state index in [1.54, 1.807) is 31.6 Å². The van der Waals surface area contributed by atoms with Gasteiger partial charge in [-0.2, -0.15) is 9.49 Å². The number of hydrogen-bond acceptors (Lipinski definition) is 6. The monoisotopic (exact) mass is 449 g/mol. The summed E-state index contributed by atoms with van der Waals surface area (Å²) in [5, 5.41) is 32.4. The normalized spacial score (nSPS) is 18.1. The third-order valence-corrected chi connectivity index (χ3v) is 6.22. The van der Waals surface area contributed by atoms with Crippen LogP contribution < -0.4 is 5.32 Å². The molecule has 0 atom stereocenters. The molecule has 5 rings (SSSR count). The number of phenolic OH excluding ortho intramolecular Hbond substituents is 1. The highest BCUT2D eigenvalue weighted by Gasteiger charge is 2.39. The standard InChI is InChI=1S/C24H28FN7O/c1-23(2)10-16(11-24(3,4)30-23)32-22-15(12-26-32)8-19(27-28-22)17-7-6-14(9-20(17)33)18-13-31(5)29-21(18)25/h6-9,12-13,16,30,33H,10-11H2,1-5H3. The van der Waals surface area contributed by atoms with Gasteiger partial charge in [-0.15, -0.1) is 15.3 Å². The number of hydrogen-bond donors (Lipinski definition) is 2. The van der Waals surface area contributed by atoms with Gasteiger partial charge in [0.15, 0.2) is 5.65 Å². The first-order valence-corrected chi connectivity index (χ1v) is 11.0. The van der Waals surface area contributed by atoms with E-state index in [2.05, 4.69) is 53.4 Å². The minimum Gasteiger partial charge on any atom is -0.507 e. The van der Waals surface area contributed by atoms with Crippen molar-refractivity contribution in [2.45, 2.75) is 57.7 Å². The van der Waals surface area contributed by atoms with Gasteiger partial charge in [-0.25, -0.2) is 4.68 Å². The van der Waals surface area contributed by atoms with Gasteiger partial charge in [0.1, 0.15) is 5.75 Å². The Bertz CT molecular complexity index is 1340. The Morgan fingerprint density at radius 2 is 1.79 bits per heavy atom. The van der Waals surface area contributed by atoms with E-state index in [0.29, 0.717) is 22.4 Å². The first-order chi connectivity index (χ1) is 15.5. The summed E-state index contributed by atoms with van der Waals surface area (Å²) in [5.74, 6) is -0.582. The molecule has 0 aliphatic carbocycles. The van der Waals surface area contributed by atoms with Gasteiger partial charge < -0.3 is 10.4 Å². The van der Waals surface area contributed by atoms with Crippen molar-refractivity contribution in [3.8, 4) is 28.1 Å². The van der Waals surface area contributed by atoms with Gasteiger partial charge in [-0.05, 0) is 64.3 Å². The second-order valence-corrected chi connectivity index (χ2v) is 10.3. The van der Waals surface area contributed by atoms with Crippen LogP contribution in [0.5, 0.6) is 5.75 Å². The third-order valence-electron chi connectivity index (χ3n) is 6.22. The highest BCUT2D eigenvalue weighted by Crippen LogP contribution is 2.38. The number of phenols is 1. The van der Waals surface area contributed by atoms with Crippen LogP contribution in [0.15, 0.2) is 36.7 Å². The Kier molecular flexibility index (Phi) is 4.79. The predicted octanol–water partition coefficient (Wildman–Crippen LogP) is 4.22. The molecule has 2 N–H and O–H groups in total. The maximum atomic E-state index is 14.0. The van der Waals surface area contributed by atoms with Crippen LogP contribution in [-0.2, 0) is 7.05 Å². The molecule has 1 aromatic carbocycles. The minimum absolute atomic E-state index is 0.00125. The van der Waals surface area contributed by atoms with E-state index in [4.69, 9.17) is 0 Å². The van der Waals surface area contributed by atoms with E-state index < -0.39 is 5.95 Å². The molecule has 0 bridgehead atoms. The molecular formula is C24H28FN7O. The van der Waals surface area contributed by atoms with Crippen molar-refractivity contribution < 1.29 is 9.50 Å². The Balaban J connectivity index is 1.48. The van der Waals surface area contributed by atoms with E-state index in [1.165, 1.54) is 10.7 Å². The van der Waals surface area contributed by atoms with Crippen LogP contribution in [0.2, 0.25) is 0 Å². The van der Waals surface area contributed by atoms with Crippen molar-refractivity contribution in [3.05, 3.63) is 42.6 Å². The lowest BCUT2D eigenvalue weighted by Crippen LogP contribution is -2.58. The SMILES string of the molecule is Cn1cc(-c2ccc(-c3cc4cnn(C5CC(C)(C)NC(C)(C)C5)c4nn3)c(O)c2)c(F)n1. The molecule has 0 amide bonds. The van der Waals surface area contributed by atoms with Crippen LogP contribution in [0.25, 0.3) is 33.4 Å². The molecule has 1 fully saturated rings. The molecule has 0 unspecified atom stereocenters. The summed E-state index contributed by atoms with van der Waals surface area (Å²) in [6.07, 6.45) is 5.24. The van der Waals surface area contributed by atoms with Gasteiger partial charge in [-0.1, -0.05) is 6.07 Å². The first-order valence-electron chi connectivity index (χ1n) is 11.0. The van der Waals surface area contributed by atoms with Gasteiger partial charge in [0, 0.05) is 35.3 Å². The van der Waals surface area contributed by atoms with Gasteiger partial charge in [0.05, 0.1) is 23.5 Å². The quantitative estimate of drug-likeness (QED) is 0.486. The second kappa shape index (κ2) is 7.34. The van der Waals surface area contributed by atoms with Gasteiger partial charge in [0.2, 0.25) is 5.95 Å². The minimum atomic E-state index is -0.581. The number of aryl methyl sites for hydroxylation is 1. The molecule has 1 saturated heterocycles. The summed E-state index contributed by atoms with van der Waals surface area (Å²) in [6, 6.07) is 7.06. The summed E-state index contributed by atoms with van der Waals surface area (Å²) < 4.78 is 17.4. The molecule has 0 radical (unpaired) electrons. The molecule has 9 heteroatoms. The number of halogens is 1. The van der Waals surface area contributed by atoms with Crippen LogP contribution in [0.4, 0.5) is 4.39 Å². The Morgan fingerprint density at radius 3 is 2.42 bits per heavy atom. The molecule has 1 aliphatic heterocycles. The molecule has 0 spiro atoms. The van der Waals surface area contributed by atoms with Crippen molar-refractivity contribution in [2.75, 3.05) is 0 Å². The topological polar surface area (TPSA) is 93.7 Å². The van der Waals surface area contributed by atoms with Crippen LogP contribution in [-0.4, -0.2) is 45.9 Å². The summed E-state index contributed by atoms with van der Waals surface area (Å²) in [5.41, 5.74) is 2.62. The zero-order chi connectivity index (χ0) is 23.5. The Morgan fingerprint density at radius 1 is 1.06 bits per heavy atom. The number of piperidine rings is 1. The van der Waals surface area contributed by atoms with Crippen LogP contribution >= 0.6 is 0 Å². The molecule has 0 saturated carbocycles. The summed E-state index contributed by atoms with van der Waals surface area (Å²) >= 11 is 0. The van der Waals surface area contributed by atoms with Crippen molar-refractivity contribution in [3.63, 3.8) is 0 Å². The molecule has 4 heterocycles. The number of nitrogens with zero attached hydrogens (tertiary/aromatic N) is 6. The molecule has 1 aliphatic rings. The Hall–Kier alpha value is -3.33. The lowest BCUT2D eigenvalue weighted by molar-refractivity contribution is 0.128. The van der Waals surface area contributed by atoms with Gasteiger partial charge in [0.25, 0.3) is 0 Å². The highest BCUT2D eigenvalue weighted by atomic mass is 19.1. The molecule has 8 nitrogen and oxygen atoms in total. The van der Waals surface area contributed by atoms with Crippen molar-refractivity contribution >= 4 is 11.0 Å². The van der Waals surface area contributed by atoms with Crippen molar-refractivity contribution in [2.24, 2.45) is 7.05 Å². The summed E-state index contributed by atoms with van der Waals surface area (Å²) in [6.45, 7) is 8.83. The maximum absolute atomic E-state index is 14.0. The third kappa shape index (κ3) is 3.97. The Labute approximate surface area is 191 Å². The average molecular weight is 450 g/mol. The van der Waals surface area contributed by atoms with Crippen LogP contribution in [0.1, 0.15) is 46.6 Å². The number of fused-ring (bicyclic) bond motifs is 1. The highest BCUT2D eigenvalue weighted by molar-refractivity contribution is 5.81. The largest absolute Gasteiger partial charge is 0.507 e. The molecule has 3 aromatic heterocycles.